The first-order valence-electron chi connectivity index (χ1n) is 11.5. The summed E-state index contributed by atoms with van der Waals surface area (Å²) in [5.74, 6) is -0.335. The molecule has 1 aliphatic heterocycles. The zero-order chi connectivity index (χ0) is 24.7. The third-order valence-corrected chi connectivity index (χ3v) is 5.91. The lowest BCUT2D eigenvalue weighted by Crippen LogP contribution is -2.48. The Kier molecular flexibility index (Phi) is 8.87. The Hall–Kier alpha value is -3.13. The molecule has 1 aromatic carbocycles. The van der Waals surface area contributed by atoms with Crippen LogP contribution in [-0.2, 0) is 4.79 Å². The van der Waals surface area contributed by atoms with E-state index in [0.29, 0.717) is 47.8 Å². The summed E-state index contributed by atoms with van der Waals surface area (Å²) in [6.45, 7) is 6.68. The molecule has 9 heteroatoms. The van der Waals surface area contributed by atoms with Crippen LogP contribution in [0.3, 0.4) is 0 Å². The lowest BCUT2D eigenvalue weighted by atomic mass is 10.1. The van der Waals surface area contributed by atoms with Crippen LogP contribution in [0.5, 0.6) is 5.75 Å². The van der Waals surface area contributed by atoms with Crippen molar-refractivity contribution in [3.63, 3.8) is 0 Å². The molecule has 0 spiro atoms. The first kappa shape index (κ1) is 25.5. The van der Waals surface area contributed by atoms with Crippen molar-refractivity contribution >= 4 is 29.3 Å². The van der Waals surface area contributed by atoms with Gasteiger partial charge in [-0.3, -0.25) is 19.4 Å². The Bertz CT molecular complexity index is 1030. The van der Waals surface area contributed by atoms with E-state index in [2.05, 4.69) is 15.6 Å². The molecule has 1 atom stereocenters. The number of rotatable bonds is 2. The molecule has 2 N–H and O–H groups in total. The first-order valence-corrected chi connectivity index (χ1v) is 11.8. The molecular formula is C25H31ClN4O4. The average Bonchev–Trinajstić information content (AvgIpc) is 2.81. The normalized spacial score (nSPS) is 18.1. The number of fused-ring (bicyclic) bond motifs is 1. The van der Waals surface area contributed by atoms with Gasteiger partial charge in [0.1, 0.15) is 12.4 Å². The Morgan fingerprint density at radius 1 is 1.21 bits per heavy atom. The number of nitrogens with one attached hydrogen (secondary N) is 2. The molecule has 2 aromatic rings. The van der Waals surface area contributed by atoms with Gasteiger partial charge in [0.25, 0.3) is 11.8 Å². The van der Waals surface area contributed by atoms with Crippen molar-refractivity contribution in [2.45, 2.75) is 39.7 Å². The van der Waals surface area contributed by atoms with Crippen molar-refractivity contribution in [2.75, 3.05) is 26.2 Å². The largest absolute Gasteiger partial charge is 0.491 e. The molecule has 3 amide bonds. The van der Waals surface area contributed by atoms with E-state index in [1.54, 1.807) is 30.3 Å². The molecule has 0 aliphatic carbocycles. The van der Waals surface area contributed by atoms with Crippen LogP contribution in [0.25, 0.3) is 0 Å². The van der Waals surface area contributed by atoms with Crippen molar-refractivity contribution in [1.29, 1.82) is 0 Å². The fourth-order valence-electron chi connectivity index (χ4n) is 3.57. The van der Waals surface area contributed by atoms with Gasteiger partial charge in [0, 0.05) is 30.0 Å². The second kappa shape index (κ2) is 11.8. The number of hydrogen-bond donors (Lipinski definition) is 2. The molecule has 0 bridgehead atoms. The highest BCUT2D eigenvalue weighted by Gasteiger charge is 2.24. The Morgan fingerprint density at radius 2 is 2.00 bits per heavy atom. The van der Waals surface area contributed by atoms with Gasteiger partial charge in [-0.1, -0.05) is 25.4 Å². The smallest absolute Gasteiger partial charge is 0.255 e. The summed E-state index contributed by atoms with van der Waals surface area (Å²) in [6.07, 6.45) is 2.78. The van der Waals surface area contributed by atoms with E-state index in [1.807, 2.05) is 20.8 Å². The zero-order valence-electron chi connectivity index (χ0n) is 19.8. The van der Waals surface area contributed by atoms with Gasteiger partial charge in [0.2, 0.25) is 5.91 Å². The number of aryl methyl sites for hydroxylation is 1. The number of hydrogen-bond acceptors (Lipinski definition) is 5. The van der Waals surface area contributed by atoms with E-state index in [-0.39, 0.29) is 42.8 Å². The monoisotopic (exact) mass is 486 g/mol. The van der Waals surface area contributed by atoms with Gasteiger partial charge in [-0.05, 0) is 56.0 Å². The number of amides is 3. The number of pyridine rings is 1. The molecule has 0 radical (unpaired) electrons. The maximum atomic E-state index is 13.1. The third-order valence-electron chi connectivity index (χ3n) is 5.68. The molecule has 2 heterocycles. The summed E-state index contributed by atoms with van der Waals surface area (Å²) < 4.78 is 5.94. The summed E-state index contributed by atoms with van der Waals surface area (Å²) in [5, 5.41) is 6.31. The lowest BCUT2D eigenvalue weighted by molar-refractivity contribution is -0.123. The van der Waals surface area contributed by atoms with Gasteiger partial charge in [-0.2, -0.15) is 0 Å². The highest BCUT2D eigenvalue weighted by Crippen LogP contribution is 2.24. The summed E-state index contributed by atoms with van der Waals surface area (Å²) in [7, 11) is 0. The predicted molar refractivity (Wildman–Crippen MR) is 130 cm³/mol. The van der Waals surface area contributed by atoms with Gasteiger partial charge in [0.15, 0.2) is 0 Å². The minimum atomic E-state index is -0.317. The Balaban J connectivity index is 1.82. The van der Waals surface area contributed by atoms with Crippen molar-refractivity contribution in [2.24, 2.45) is 5.92 Å². The van der Waals surface area contributed by atoms with Crippen molar-refractivity contribution in [1.82, 2.24) is 20.5 Å². The van der Waals surface area contributed by atoms with Gasteiger partial charge >= 0.3 is 0 Å². The van der Waals surface area contributed by atoms with E-state index in [9.17, 15) is 14.4 Å². The minimum Gasteiger partial charge on any atom is -0.491 e. The van der Waals surface area contributed by atoms with Crippen LogP contribution < -0.4 is 15.4 Å². The quantitative estimate of drug-likeness (QED) is 0.678. The number of carbonyl (C=O) groups excluding carboxylic acids is 3. The predicted octanol–water partition coefficient (Wildman–Crippen LogP) is 3.23. The van der Waals surface area contributed by atoms with E-state index in [4.69, 9.17) is 16.3 Å². The zero-order valence-corrected chi connectivity index (χ0v) is 20.5. The molecule has 0 saturated heterocycles. The summed E-state index contributed by atoms with van der Waals surface area (Å²) >= 11 is 6.11. The molecular weight excluding hydrogens is 456 g/mol. The van der Waals surface area contributed by atoms with Crippen LogP contribution in [0, 0.1) is 12.8 Å². The molecule has 0 fully saturated rings. The Morgan fingerprint density at radius 3 is 2.71 bits per heavy atom. The molecule has 0 unspecified atom stereocenters. The fraction of sp³-hybridized carbons (Fsp3) is 0.440. The lowest BCUT2D eigenvalue weighted by Gasteiger charge is -2.26. The molecule has 0 saturated carbocycles. The van der Waals surface area contributed by atoms with Crippen molar-refractivity contribution in [3.05, 3.63) is 58.4 Å². The summed E-state index contributed by atoms with van der Waals surface area (Å²) in [6, 6.07) is 8.06. The first-order chi connectivity index (χ1) is 16.2. The SMILES string of the molecule is Cc1ccc(C(=O)N2CCCCNC(=O)c3cc(Cl)ccc3OC[C@@H](C(C)C)NC(=O)C2)cn1. The minimum absolute atomic E-state index is 0.0645. The van der Waals surface area contributed by atoms with Gasteiger partial charge in [-0.25, -0.2) is 0 Å². The van der Waals surface area contributed by atoms with E-state index in [1.165, 1.54) is 11.1 Å². The van der Waals surface area contributed by atoms with E-state index >= 15 is 0 Å². The summed E-state index contributed by atoms with van der Waals surface area (Å²) in [5.41, 5.74) is 1.59. The highest BCUT2D eigenvalue weighted by atomic mass is 35.5. The van der Waals surface area contributed by atoms with Crippen molar-refractivity contribution in [3.8, 4) is 5.75 Å². The number of aromatic nitrogens is 1. The van der Waals surface area contributed by atoms with Gasteiger partial charge < -0.3 is 20.3 Å². The molecule has 1 aliphatic rings. The van der Waals surface area contributed by atoms with Gasteiger partial charge in [0.05, 0.1) is 23.7 Å². The van der Waals surface area contributed by atoms with Crippen LogP contribution in [0.1, 0.15) is 53.1 Å². The number of nitrogens with zero attached hydrogens (tertiary/aromatic N) is 2. The molecule has 3 rings (SSSR count). The average molecular weight is 487 g/mol. The maximum absolute atomic E-state index is 13.1. The molecule has 8 nitrogen and oxygen atoms in total. The Labute approximate surface area is 205 Å². The van der Waals surface area contributed by atoms with Crippen LogP contribution >= 0.6 is 11.6 Å². The molecule has 182 valence electrons. The van der Waals surface area contributed by atoms with Gasteiger partial charge in [-0.15, -0.1) is 0 Å². The van der Waals surface area contributed by atoms with E-state index < -0.39 is 0 Å². The van der Waals surface area contributed by atoms with E-state index in [0.717, 1.165) is 5.69 Å². The van der Waals surface area contributed by atoms with Crippen LogP contribution in [-0.4, -0.2) is 59.9 Å². The standard InChI is InChI=1S/C25H31ClN4O4/c1-16(2)21-15-34-22-9-8-19(26)12-20(22)24(32)27-10-4-5-11-30(14-23(31)29-21)25(33)18-7-6-17(3)28-13-18/h6-9,12-13,16,21H,4-5,10-11,14-15H2,1-3H3,(H,27,32)(H,29,31)/t21-/m0/s1. The second-order valence-electron chi connectivity index (χ2n) is 8.75. The molecule has 1 aromatic heterocycles. The number of benzene rings is 1. The maximum Gasteiger partial charge on any atom is 0.255 e. The fourth-order valence-corrected chi connectivity index (χ4v) is 3.74. The third kappa shape index (κ3) is 6.93. The number of ether oxygens (including phenoxy) is 1. The van der Waals surface area contributed by atoms with Crippen molar-refractivity contribution < 1.29 is 19.1 Å². The molecule has 34 heavy (non-hydrogen) atoms. The van der Waals surface area contributed by atoms with Crippen LogP contribution in [0.2, 0.25) is 5.02 Å². The number of carbonyl (C=O) groups is 3. The topological polar surface area (TPSA) is 101 Å². The second-order valence-corrected chi connectivity index (χ2v) is 9.18. The highest BCUT2D eigenvalue weighted by molar-refractivity contribution is 6.31. The summed E-state index contributed by atoms with van der Waals surface area (Å²) in [4.78, 5) is 44.5. The van der Waals surface area contributed by atoms with Crippen LogP contribution in [0.4, 0.5) is 0 Å². The number of halogens is 1. The van der Waals surface area contributed by atoms with Crippen LogP contribution in [0.15, 0.2) is 36.5 Å².